The molecule has 3 rings (SSSR count). The molecule has 0 bridgehead atoms. The molecule has 31 heavy (non-hydrogen) atoms. The molecular formula is C25H22N2O4. The molecule has 3 aromatic rings. The maximum Gasteiger partial charge on any atom is 0.272 e. The van der Waals surface area contributed by atoms with Gasteiger partial charge in [0.25, 0.3) is 11.8 Å². The van der Waals surface area contributed by atoms with Gasteiger partial charge in [0.15, 0.2) is 5.78 Å². The standard InChI is InChI=1S/C25H22N2O4/c1-17(28)19-10-12-21(13-11-19)26-25(30)23(16-18-8-14-22(31-2)15-9-18)27-24(29)20-6-4-3-5-7-20/h3-16H,1-2H3,(H,26,30)(H,27,29)/b23-16-. The summed E-state index contributed by atoms with van der Waals surface area (Å²) in [6.07, 6.45) is 1.58. The summed E-state index contributed by atoms with van der Waals surface area (Å²) in [6.45, 7) is 1.47. The molecule has 6 nitrogen and oxygen atoms in total. The van der Waals surface area contributed by atoms with Gasteiger partial charge in [-0.05, 0) is 67.1 Å². The highest BCUT2D eigenvalue weighted by atomic mass is 16.5. The number of rotatable bonds is 7. The predicted octanol–water partition coefficient (Wildman–Crippen LogP) is 4.31. The van der Waals surface area contributed by atoms with Crippen molar-refractivity contribution in [2.45, 2.75) is 6.92 Å². The number of amides is 2. The Labute approximate surface area is 180 Å². The summed E-state index contributed by atoms with van der Waals surface area (Å²) in [4.78, 5) is 37.0. The fraction of sp³-hybridized carbons (Fsp3) is 0.0800. The molecule has 3 aromatic carbocycles. The van der Waals surface area contributed by atoms with Crippen LogP contribution in [-0.4, -0.2) is 24.7 Å². The van der Waals surface area contributed by atoms with E-state index in [2.05, 4.69) is 10.6 Å². The number of ether oxygens (including phenoxy) is 1. The van der Waals surface area contributed by atoms with Crippen molar-refractivity contribution in [1.29, 1.82) is 0 Å². The van der Waals surface area contributed by atoms with Crippen molar-refractivity contribution in [3.63, 3.8) is 0 Å². The number of carbonyl (C=O) groups excluding carboxylic acids is 3. The molecule has 156 valence electrons. The number of hydrogen-bond acceptors (Lipinski definition) is 4. The molecule has 0 spiro atoms. The first-order chi connectivity index (χ1) is 15.0. The highest BCUT2D eigenvalue weighted by molar-refractivity contribution is 6.10. The lowest BCUT2D eigenvalue weighted by molar-refractivity contribution is -0.113. The van der Waals surface area contributed by atoms with E-state index in [0.29, 0.717) is 28.1 Å². The zero-order valence-electron chi connectivity index (χ0n) is 17.2. The summed E-state index contributed by atoms with van der Waals surface area (Å²) < 4.78 is 5.16. The van der Waals surface area contributed by atoms with Crippen LogP contribution in [0.3, 0.4) is 0 Å². The molecular weight excluding hydrogens is 392 g/mol. The molecule has 0 aliphatic rings. The van der Waals surface area contributed by atoms with Gasteiger partial charge in [-0.25, -0.2) is 0 Å². The van der Waals surface area contributed by atoms with Gasteiger partial charge in [0.1, 0.15) is 11.4 Å². The Morgan fingerprint density at radius 1 is 0.806 bits per heavy atom. The second-order valence-corrected chi connectivity index (χ2v) is 6.74. The summed E-state index contributed by atoms with van der Waals surface area (Å²) in [5.41, 5.74) is 2.27. The summed E-state index contributed by atoms with van der Waals surface area (Å²) in [7, 11) is 1.57. The lowest BCUT2D eigenvalue weighted by Gasteiger charge is -2.12. The summed E-state index contributed by atoms with van der Waals surface area (Å²) >= 11 is 0. The normalized spacial score (nSPS) is 10.8. The van der Waals surface area contributed by atoms with Crippen LogP contribution in [-0.2, 0) is 4.79 Å². The van der Waals surface area contributed by atoms with Crippen LogP contribution in [0.5, 0.6) is 5.75 Å². The molecule has 0 radical (unpaired) electrons. The van der Waals surface area contributed by atoms with E-state index in [9.17, 15) is 14.4 Å². The molecule has 0 saturated heterocycles. The van der Waals surface area contributed by atoms with E-state index in [1.807, 2.05) is 6.07 Å². The Bertz CT molecular complexity index is 1100. The van der Waals surface area contributed by atoms with Gasteiger partial charge in [-0.3, -0.25) is 14.4 Å². The monoisotopic (exact) mass is 414 g/mol. The number of methoxy groups -OCH3 is 1. The maximum absolute atomic E-state index is 12.9. The van der Waals surface area contributed by atoms with E-state index >= 15 is 0 Å². The first-order valence-electron chi connectivity index (χ1n) is 9.61. The topological polar surface area (TPSA) is 84.5 Å². The van der Waals surface area contributed by atoms with Crippen LogP contribution in [0.2, 0.25) is 0 Å². The highest BCUT2D eigenvalue weighted by Gasteiger charge is 2.15. The molecule has 0 aliphatic heterocycles. The predicted molar refractivity (Wildman–Crippen MR) is 120 cm³/mol. The second kappa shape index (κ2) is 10.0. The third-order valence-electron chi connectivity index (χ3n) is 4.50. The number of benzene rings is 3. The van der Waals surface area contributed by atoms with E-state index in [0.717, 1.165) is 0 Å². The van der Waals surface area contributed by atoms with Crippen molar-refractivity contribution < 1.29 is 19.1 Å². The van der Waals surface area contributed by atoms with Crippen LogP contribution in [0.15, 0.2) is 84.6 Å². The van der Waals surface area contributed by atoms with Gasteiger partial charge in [0, 0.05) is 16.8 Å². The number of anilines is 1. The van der Waals surface area contributed by atoms with E-state index in [4.69, 9.17) is 4.74 Å². The fourth-order valence-corrected chi connectivity index (χ4v) is 2.80. The van der Waals surface area contributed by atoms with E-state index in [1.54, 1.807) is 86.0 Å². The first-order valence-corrected chi connectivity index (χ1v) is 9.61. The zero-order valence-corrected chi connectivity index (χ0v) is 17.2. The largest absolute Gasteiger partial charge is 0.497 e. The molecule has 6 heteroatoms. The van der Waals surface area contributed by atoms with Crippen molar-refractivity contribution in [3.8, 4) is 5.75 Å². The average Bonchev–Trinajstić information content (AvgIpc) is 2.80. The Morgan fingerprint density at radius 3 is 2.03 bits per heavy atom. The summed E-state index contributed by atoms with van der Waals surface area (Å²) in [5.74, 6) is -0.270. The number of hydrogen-bond donors (Lipinski definition) is 2. The van der Waals surface area contributed by atoms with Crippen LogP contribution < -0.4 is 15.4 Å². The molecule has 0 unspecified atom stereocenters. The van der Waals surface area contributed by atoms with Crippen molar-refractivity contribution in [2.75, 3.05) is 12.4 Å². The number of nitrogens with one attached hydrogen (secondary N) is 2. The minimum absolute atomic E-state index is 0.0620. The smallest absolute Gasteiger partial charge is 0.272 e. The zero-order chi connectivity index (χ0) is 22.2. The van der Waals surface area contributed by atoms with Gasteiger partial charge >= 0.3 is 0 Å². The SMILES string of the molecule is COc1ccc(/C=C(\NC(=O)c2ccccc2)C(=O)Nc2ccc(C(C)=O)cc2)cc1. The minimum Gasteiger partial charge on any atom is -0.497 e. The van der Waals surface area contributed by atoms with Gasteiger partial charge in [0.2, 0.25) is 0 Å². The Morgan fingerprint density at radius 2 is 1.45 bits per heavy atom. The van der Waals surface area contributed by atoms with Crippen LogP contribution in [0, 0.1) is 0 Å². The van der Waals surface area contributed by atoms with Crippen molar-refractivity contribution in [1.82, 2.24) is 5.32 Å². The Hall–Kier alpha value is -4.19. The second-order valence-electron chi connectivity index (χ2n) is 6.74. The van der Waals surface area contributed by atoms with Gasteiger partial charge in [-0.2, -0.15) is 0 Å². The van der Waals surface area contributed by atoms with Gasteiger partial charge < -0.3 is 15.4 Å². The number of carbonyl (C=O) groups is 3. The Kier molecular flexibility index (Phi) is 6.96. The van der Waals surface area contributed by atoms with E-state index < -0.39 is 11.8 Å². The highest BCUT2D eigenvalue weighted by Crippen LogP contribution is 2.16. The molecule has 0 aromatic heterocycles. The number of ketones is 1. The van der Waals surface area contributed by atoms with E-state index in [1.165, 1.54) is 6.92 Å². The first kappa shape index (κ1) is 21.5. The van der Waals surface area contributed by atoms with Crippen LogP contribution in [0.4, 0.5) is 5.69 Å². The van der Waals surface area contributed by atoms with Gasteiger partial charge in [-0.1, -0.05) is 30.3 Å². The maximum atomic E-state index is 12.9. The molecule has 0 fully saturated rings. The molecule has 0 saturated carbocycles. The van der Waals surface area contributed by atoms with Crippen molar-refractivity contribution >= 4 is 29.4 Å². The third-order valence-corrected chi connectivity index (χ3v) is 4.50. The van der Waals surface area contributed by atoms with Gasteiger partial charge in [-0.15, -0.1) is 0 Å². The molecule has 2 amide bonds. The van der Waals surface area contributed by atoms with Crippen molar-refractivity contribution in [2.24, 2.45) is 0 Å². The van der Waals surface area contributed by atoms with Gasteiger partial charge in [0.05, 0.1) is 7.11 Å². The quantitative estimate of drug-likeness (QED) is 0.446. The Balaban J connectivity index is 1.86. The molecule has 0 atom stereocenters. The van der Waals surface area contributed by atoms with E-state index in [-0.39, 0.29) is 11.5 Å². The third kappa shape index (κ3) is 5.90. The average molecular weight is 414 g/mol. The lowest BCUT2D eigenvalue weighted by Crippen LogP contribution is -2.30. The minimum atomic E-state index is -0.490. The fourth-order valence-electron chi connectivity index (χ4n) is 2.80. The summed E-state index contributed by atoms with van der Waals surface area (Å²) in [6, 6.07) is 22.3. The van der Waals surface area contributed by atoms with Crippen LogP contribution in [0.25, 0.3) is 6.08 Å². The lowest BCUT2D eigenvalue weighted by atomic mass is 10.1. The summed E-state index contributed by atoms with van der Waals surface area (Å²) in [5, 5.41) is 5.43. The molecule has 2 N–H and O–H groups in total. The van der Waals surface area contributed by atoms with Crippen molar-refractivity contribution in [3.05, 3.63) is 101 Å². The number of Topliss-reactive ketones (excluding diaryl/α,β-unsaturated/α-hetero) is 1. The molecule has 0 heterocycles. The van der Waals surface area contributed by atoms with Crippen LogP contribution >= 0.6 is 0 Å². The molecule has 0 aliphatic carbocycles. The van der Waals surface area contributed by atoms with Crippen LogP contribution in [0.1, 0.15) is 33.2 Å².